The van der Waals surface area contributed by atoms with Crippen molar-refractivity contribution < 1.29 is 18.3 Å². The van der Waals surface area contributed by atoms with Crippen LogP contribution in [0, 0.1) is 0 Å². The second kappa shape index (κ2) is 4.37. The first-order valence-electron chi connectivity index (χ1n) is 5.30. The van der Waals surface area contributed by atoms with Gasteiger partial charge in [0.1, 0.15) is 0 Å². The van der Waals surface area contributed by atoms with Crippen molar-refractivity contribution in [3.63, 3.8) is 0 Å². The highest BCUT2D eigenvalue weighted by atomic mass is 32.2. The third-order valence-electron chi connectivity index (χ3n) is 3.12. The van der Waals surface area contributed by atoms with Crippen molar-refractivity contribution in [2.24, 2.45) is 0 Å². The molecule has 2 rings (SSSR count). The Balaban J connectivity index is 1.83. The van der Waals surface area contributed by atoms with Crippen LogP contribution in [-0.4, -0.2) is 56.4 Å². The van der Waals surface area contributed by atoms with Crippen LogP contribution >= 0.6 is 0 Å². The van der Waals surface area contributed by atoms with E-state index in [0.717, 1.165) is 12.8 Å². The molecular weight excluding hydrogens is 218 g/mol. The Kier molecular flexibility index (Phi) is 3.30. The minimum absolute atomic E-state index is 0.110. The average Bonchev–Trinajstić information content (AvgIpc) is 2.69. The molecule has 6 heteroatoms. The second-order valence-corrected chi connectivity index (χ2v) is 6.65. The van der Waals surface area contributed by atoms with Crippen LogP contribution in [0.2, 0.25) is 0 Å². The number of hydrogen-bond acceptors (Lipinski definition) is 5. The van der Waals surface area contributed by atoms with Gasteiger partial charge in [-0.3, -0.25) is 0 Å². The minimum Gasteiger partial charge on any atom is -0.389 e. The van der Waals surface area contributed by atoms with Crippen LogP contribution in [0.15, 0.2) is 0 Å². The molecule has 3 unspecified atom stereocenters. The molecule has 2 N–H and O–H groups in total. The van der Waals surface area contributed by atoms with Gasteiger partial charge in [-0.2, -0.15) is 0 Å². The SMILES string of the molecule is O=S1(=O)CCCC1CNC1COCC1O. The number of sulfone groups is 1. The zero-order valence-corrected chi connectivity index (χ0v) is 9.37. The van der Waals surface area contributed by atoms with Gasteiger partial charge in [0.2, 0.25) is 0 Å². The molecular formula is C9H17NO4S. The first-order valence-corrected chi connectivity index (χ1v) is 7.02. The Morgan fingerprint density at radius 1 is 1.40 bits per heavy atom. The van der Waals surface area contributed by atoms with E-state index in [9.17, 15) is 13.5 Å². The van der Waals surface area contributed by atoms with Gasteiger partial charge in [-0.25, -0.2) is 8.42 Å². The molecule has 0 spiro atoms. The van der Waals surface area contributed by atoms with Crippen molar-refractivity contribution in [2.45, 2.75) is 30.2 Å². The van der Waals surface area contributed by atoms with Gasteiger partial charge in [0.15, 0.2) is 9.84 Å². The molecule has 2 heterocycles. The number of rotatable bonds is 3. The Morgan fingerprint density at radius 2 is 2.20 bits per heavy atom. The van der Waals surface area contributed by atoms with E-state index >= 15 is 0 Å². The predicted molar refractivity (Wildman–Crippen MR) is 55.4 cm³/mol. The van der Waals surface area contributed by atoms with E-state index in [0.29, 0.717) is 25.5 Å². The van der Waals surface area contributed by atoms with E-state index in [2.05, 4.69) is 5.32 Å². The molecule has 5 nitrogen and oxygen atoms in total. The minimum atomic E-state index is -2.88. The fourth-order valence-electron chi connectivity index (χ4n) is 2.11. The molecule has 3 atom stereocenters. The fraction of sp³-hybridized carbons (Fsp3) is 1.00. The van der Waals surface area contributed by atoms with Crippen LogP contribution in [0.5, 0.6) is 0 Å². The number of ether oxygens (including phenoxy) is 1. The van der Waals surface area contributed by atoms with E-state index in [4.69, 9.17) is 4.74 Å². The zero-order chi connectivity index (χ0) is 10.9. The lowest BCUT2D eigenvalue weighted by Gasteiger charge is -2.17. The van der Waals surface area contributed by atoms with Crippen molar-refractivity contribution in [2.75, 3.05) is 25.5 Å². The van der Waals surface area contributed by atoms with Gasteiger partial charge >= 0.3 is 0 Å². The van der Waals surface area contributed by atoms with Gasteiger partial charge in [0, 0.05) is 6.54 Å². The van der Waals surface area contributed by atoms with E-state index in [1.54, 1.807) is 0 Å². The lowest BCUT2D eigenvalue weighted by atomic mass is 10.2. The topological polar surface area (TPSA) is 75.6 Å². The lowest BCUT2D eigenvalue weighted by molar-refractivity contribution is 0.122. The molecule has 2 aliphatic rings. The quantitative estimate of drug-likeness (QED) is 0.650. The highest BCUT2D eigenvalue weighted by Crippen LogP contribution is 2.19. The van der Waals surface area contributed by atoms with Crippen LogP contribution in [0.1, 0.15) is 12.8 Å². The van der Waals surface area contributed by atoms with Gasteiger partial charge in [-0.15, -0.1) is 0 Å². The molecule has 0 bridgehead atoms. The van der Waals surface area contributed by atoms with Gasteiger partial charge in [0.25, 0.3) is 0 Å². The smallest absolute Gasteiger partial charge is 0.154 e. The number of aliphatic hydroxyl groups excluding tert-OH is 1. The van der Waals surface area contributed by atoms with Gasteiger partial charge in [-0.05, 0) is 12.8 Å². The Hall–Kier alpha value is -0.170. The maximum absolute atomic E-state index is 11.5. The molecule has 88 valence electrons. The normalized spacial score (nSPS) is 39.7. The Morgan fingerprint density at radius 3 is 2.73 bits per heavy atom. The summed E-state index contributed by atoms with van der Waals surface area (Å²) in [6.07, 6.45) is 0.992. The number of hydrogen-bond donors (Lipinski definition) is 2. The fourth-order valence-corrected chi connectivity index (χ4v) is 3.89. The molecule has 0 radical (unpaired) electrons. The van der Waals surface area contributed by atoms with E-state index in [1.807, 2.05) is 0 Å². The lowest BCUT2D eigenvalue weighted by Crippen LogP contribution is -2.43. The summed E-state index contributed by atoms with van der Waals surface area (Å²) < 4.78 is 28.1. The Labute approximate surface area is 89.7 Å². The molecule has 0 aromatic carbocycles. The number of nitrogens with one attached hydrogen (secondary N) is 1. The summed E-state index contributed by atoms with van der Waals surface area (Å²) in [5, 5.41) is 12.3. The summed E-state index contributed by atoms with van der Waals surface area (Å²) in [5.74, 6) is 0.309. The van der Waals surface area contributed by atoms with Crippen molar-refractivity contribution in [1.82, 2.24) is 5.32 Å². The summed E-state index contributed by atoms with van der Waals surface area (Å²) >= 11 is 0. The molecule has 0 saturated carbocycles. The monoisotopic (exact) mass is 235 g/mol. The third-order valence-corrected chi connectivity index (χ3v) is 5.40. The van der Waals surface area contributed by atoms with Crippen LogP contribution < -0.4 is 5.32 Å². The third kappa shape index (κ3) is 2.50. The van der Waals surface area contributed by atoms with E-state index < -0.39 is 15.9 Å². The van der Waals surface area contributed by atoms with E-state index in [1.165, 1.54) is 0 Å². The van der Waals surface area contributed by atoms with Crippen LogP contribution in [0.3, 0.4) is 0 Å². The first kappa shape index (κ1) is 11.3. The van der Waals surface area contributed by atoms with Gasteiger partial charge in [0.05, 0.1) is 36.4 Å². The highest BCUT2D eigenvalue weighted by Gasteiger charge is 2.33. The maximum atomic E-state index is 11.5. The number of aliphatic hydroxyl groups is 1. The molecule has 2 fully saturated rings. The summed E-state index contributed by atoms with van der Waals surface area (Å²) in [6, 6.07) is -0.110. The van der Waals surface area contributed by atoms with Crippen LogP contribution in [0.25, 0.3) is 0 Å². The Bertz CT molecular complexity index is 316. The van der Waals surface area contributed by atoms with Gasteiger partial charge < -0.3 is 15.2 Å². The van der Waals surface area contributed by atoms with E-state index in [-0.39, 0.29) is 11.3 Å². The maximum Gasteiger partial charge on any atom is 0.154 e. The predicted octanol–water partition coefficient (Wildman–Crippen LogP) is -1.09. The van der Waals surface area contributed by atoms with Crippen molar-refractivity contribution in [3.05, 3.63) is 0 Å². The molecule has 0 aromatic rings. The first-order chi connectivity index (χ1) is 7.09. The van der Waals surface area contributed by atoms with Gasteiger partial charge in [-0.1, -0.05) is 0 Å². The molecule has 0 aliphatic carbocycles. The molecule has 0 aromatic heterocycles. The average molecular weight is 235 g/mol. The standard InChI is InChI=1S/C9H17NO4S/c11-9-6-14-5-8(9)10-4-7-2-1-3-15(7,12)13/h7-11H,1-6H2. The summed E-state index contributed by atoms with van der Waals surface area (Å²) in [5.41, 5.74) is 0. The summed E-state index contributed by atoms with van der Waals surface area (Å²) in [6.45, 7) is 1.25. The summed E-state index contributed by atoms with van der Waals surface area (Å²) in [7, 11) is -2.88. The molecule has 15 heavy (non-hydrogen) atoms. The van der Waals surface area contributed by atoms with Crippen molar-refractivity contribution in [1.29, 1.82) is 0 Å². The molecule has 2 aliphatic heterocycles. The molecule has 2 saturated heterocycles. The highest BCUT2D eigenvalue weighted by molar-refractivity contribution is 7.92. The van der Waals surface area contributed by atoms with Crippen molar-refractivity contribution >= 4 is 9.84 Å². The van der Waals surface area contributed by atoms with Crippen molar-refractivity contribution in [3.8, 4) is 0 Å². The second-order valence-electron chi connectivity index (χ2n) is 4.25. The van der Waals surface area contributed by atoms with Crippen LogP contribution in [0.4, 0.5) is 0 Å². The van der Waals surface area contributed by atoms with Crippen LogP contribution in [-0.2, 0) is 14.6 Å². The largest absolute Gasteiger partial charge is 0.389 e. The molecule has 0 amide bonds. The summed E-state index contributed by atoms with van der Waals surface area (Å²) in [4.78, 5) is 0. The zero-order valence-electron chi connectivity index (χ0n) is 8.55.